The van der Waals surface area contributed by atoms with Gasteiger partial charge in [-0.15, -0.1) is 0 Å². The second-order valence-electron chi connectivity index (χ2n) is 3.56. The van der Waals surface area contributed by atoms with Gasteiger partial charge in [-0.3, -0.25) is 0 Å². The molecule has 0 aromatic carbocycles. The van der Waals surface area contributed by atoms with Crippen LogP contribution in [0.5, 0.6) is 0 Å². The van der Waals surface area contributed by atoms with Gasteiger partial charge in [0.2, 0.25) is 0 Å². The van der Waals surface area contributed by atoms with Gasteiger partial charge in [-0.2, -0.15) is 0 Å². The third-order valence-electron chi connectivity index (χ3n) is 1.31. The lowest BCUT2D eigenvalue weighted by Gasteiger charge is -2.20. The Labute approximate surface area is 78.2 Å². The standard InChI is InChI=1S/C9H18O2S/c1-9(2,3)12(10)8-6-5-7-11-4/h6,8H,5,7H2,1-4H3. The summed E-state index contributed by atoms with van der Waals surface area (Å²) < 4.78 is 16.1. The first-order valence-electron chi connectivity index (χ1n) is 4.04. The summed E-state index contributed by atoms with van der Waals surface area (Å²) in [6.45, 7) is 6.58. The summed E-state index contributed by atoms with van der Waals surface area (Å²) in [5.74, 6) is 0. The van der Waals surface area contributed by atoms with Gasteiger partial charge in [-0.1, -0.05) is 0 Å². The summed E-state index contributed by atoms with van der Waals surface area (Å²) in [5.41, 5.74) is 0. The summed E-state index contributed by atoms with van der Waals surface area (Å²) in [5, 5.41) is 1.75. The van der Waals surface area contributed by atoms with Crippen molar-refractivity contribution in [2.24, 2.45) is 0 Å². The summed E-state index contributed by atoms with van der Waals surface area (Å²) in [6, 6.07) is 0. The third kappa shape index (κ3) is 5.63. The fourth-order valence-electron chi connectivity index (χ4n) is 0.545. The van der Waals surface area contributed by atoms with Crippen LogP contribution >= 0.6 is 0 Å². The van der Waals surface area contributed by atoms with Crippen LogP contribution in [0.2, 0.25) is 0 Å². The van der Waals surface area contributed by atoms with Crippen molar-refractivity contribution < 1.29 is 9.29 Å². The Hall–Kier alpha value is 0.01000. The van der Waals surface area contributed by atoms with E-state index in [1.165, 1.54) is 0 Å². The van der Waals surface area contributed by atoms with Crippen LogP contribution in [0.25, 0.3) is 0 Å². The van der Waals surface area contributed by atoms with Crippen LogP contribution in [-0.4, -0.2) is 23.0 Å². The predicted molar refractivity (Wildman–Crippen MR) is 53.5 cm³/mol. The Morgan fingerprint density at radius 3 is 2.42 bits per heavy atom. The molecule has 0 amide bonds. The minimum absolute atomic E-state index is 0.149. The van der Waals surface area contributed by atoms with Gasteiger partial charge in [0, 0.05) is 13.7 Å². The summed E-state index contributed by atoms with van der Waals surface area (Å²) in [4.78, 5) is 0. The molecule has 1 atom stereocenters. The lowest BCUT2D eigenvalue weighted by molar-refractivity contribution is 0.204. The van der Waals surface area contributed by atoms with Crippen LogP contribution in [0.15, 0.2) is 11.5 Å². The van der Waals surface area contributed by atoms with Gasteiger partial charge in [0.05, 0.1) is 0 Å². The first-order valence-corrected chi connectivity index (χ1v) is 5.26. The van der Waals surface area contributed by atoms with Crippen LogP contribution in [0.3, 0.4) is 0 Å². The quantitative estimate of drug-likeness (QED) is 0.502. The fraction of sp³-hybridized carbons (Fsp3) is 0.778. The lowest BCUT2D eigenvalue weighted by Crippen LogP contribution is -2.25. The van der Waals surface area contributed by atoms with Crippen LogP contribution in [0, 0.1) is 0 Å². The molecule has 0 spiro atoms. The van der Waals surface area contributed by atoms with E-state index < -0.39 is 11.2 Å². The van der Waals surface area contributed by atoms with Crippen LogP contribution in [0.1, 0.15) is 27.2 Å². The molecule has 0 bridgehead atoms. The molecule has 0 aliphatic carbocycles. The highest BCUT2D eigenvalue weighted by Gasteiger charge is 2.22. The van der Waals surface area contributed by atoms with Crippen molar-refractivity contribution in [2.45, 2.75) is 31.9 Å². The molecule has 2 nitrogen and oxygen atoms in total. The molecule has 0 aliphatic heterocycles. The lowest BCUT2D eigenvalue weighted by atomic mass is 10.3. The Kier molecular flexibility index (Phi) is 5.63. The molecule has 0 fully saturated rings. The van der Waals surface area contributed by atoms with Gasteiger partial charge >= 0.3 is 0 Å². The minimum Gasteiger partial charge on any atom is -0.611 e. The van der Waals surface area contributed by atoms with Crippen molar-refractivity contribution in [3.05, 3.63) is 11.5 Å². The van der Waals surface area contributed by atoms with E-state index in [1.807, 2.05) is 26.8 Å². The number of rotatable bonds is 4. The third-order valence-corrected chi connectivity index (χ3v) is 2.96. The molecular weight excluding hydrogens is 172 g/mol. The number of methoxy groups -OCH3 is 1. The highest BCUT2D eigenvalue weighted by Crippen LogP contribution is 2.16. The highest BCUT2D eigenvalue weighted by molar-refractivity contribution is 7.95. The second kappa shape index (κ2) is 5.62. The number of ether oxygens (including phenoxy) is 1. The second-order valence-corrected chi connectivity index (χ2v) is 5.65. The van der Waals surface area contributed by atoms with E-state index in [-0.39, 0.29) is 4.75 Å². The summed E-state index contributed by atoms with van der Waals surface area (Å²) in [7, 11) is 1.66. The van der Waals surface area contributed by atoms with Crippen LogP contribution in [0.4, 0.5) is 0 Å². The molecule has 72 valence electrons. The average molecular weight is 190 g/mol. The zero-order valence-corrected chi connectivity index (χ0v) is 9.11. The van der Waals surface area contributed by atoms with Crippen molar-refractivity contribution in [1.29, 1.82) is 0 Å². The maximum absolute atomic E-state index is 11.4. The van der Waals surface area contributed by atoms with E-state index in [0.29, 0.717) is 6.61 Å². The maximum Gasteiger partial charge on any atom is 0.122 e. The molecule has 1 unspecified atom stereocenters. The van der Waals surface area contributed by atoms with Crippen molar-refractivity contribution in [2.75, 3.05) is 13.7 Å². The SMILES string of the molecule is COCCC=C[S+]([O-])C(C)(C)C. The Morgan fingerprint density at radius 1 is 1.42 bits per heavy atom. The monoisotopic (exact) mass is 190 g/mol. The number of hydrogen-bond donors (Lipinski definition) is 0. The van der Waals surface area contributed by atoms with Gasteiger partial charge < -0.3 is 9.29 Å². The zero-order valence-electron chi connectivity index (χ0n) is 8.29. The van der Waals surface area contributed by atoms with E-state index in [0.717, 1.165) is 6.42 Å². The summed E-state index contributed by atoms with van der Waals surface area (Å²) in [6.07, 6.45) is 2.74. The molecule has 12 heavy (non-hydrogen) atoms. The molecule has 0 saturated heterocycles. The van der Waals surface area contributed by atoms with Crippen molar-refractivity contribution in [3.63, 3.8) is 0 Å². The molecule has 0 aromatic rings. The van der Waals surface area contributed by atoms with Crippen molar-refractivity contribution >= 4 is 11.2 Å². The van der Waals surface area contributed by atoms with Crippen molar-refractivity contribution in [1.82, 2.24) is 0 Å². The number of hydrogen-bond acceptors (Lipinski definition) is 2. The van der Waals surface area contributed by atoms with Gasteiger partial charge in [0.15, 0.2) is 0 Å². The first kappa shape index (κ1) is 12.0. The Bertz CT molecular complexity index is 138. The topological polar surface area (TPSA) is 32.3 Å². The zero-order chi connectivity index (χ0) is 9.61. The molecule has 3 heteroatoms. The van der Waals surface area contributed by atoms with Gasteiger partial charge in [0.25, 0.3) is 0 Å². The predicted octanol–water partition coefficient (Wildman–Crippen LogP) is 2.08. The van der Waals surface area contributed by atoms with E-state index in [4.69, 9.17) is 4.74 Å². The van der Waals surface area contributed by atoms with Gasteiger partial charge in [-0.25, -0.2) is 0 Å². The molecule has 0 aromatic heterocycles. The first-order chi connectivity index (χ1) is 5.48. The molecule has 0 N–H and O–H groups in total. The van der Waals surface area contributed by atoms with Gasteiger partial charge in [0.1, 0.15) is 10.2 Å². The van der Waals surface area contributed by atoms with Crippen molar-refractivity contribution in [3.8, 4) is 0 Å². The minimum atomic E-state index is -0.877. The normalized spacial score (nSPS) is 15.4. The molecule has 0 radical (unpaired) electrons. The Balaban J connectivity index is 3.68. The van der Waals surface area contributed by atoms with E-state index >= 15 is 0 Å². The molecular formula is C9H18O2S. The van der Waals surface area contributed by atoms with Gasteiger partial charge in [-0.05, 0) is 44.4 Å². The Morgan fingerprint density at radius 2 is 2.00 bits per heavy atom. The molecule has 0 aliphatic rings. The maximum atomic E-state index is 11.4. The molecule has 0 saturated carbocycles. The summed E-state index contributed by atoms with van der Waals surface area (Å²) >= 11 is -0.877. The van der Waals surface area contributed by atoms with E-state index in [9.17, 15) is 4.55 Å². The fourth-order valence-corrected chi connectivity index (χ4v) is 1.26. The average Bonchev–Trinajstić information content (AvgIpc) is 1.96. The van der Waals surface area contributed by atoms with Crippen LogP contribution < -0.4 is 0 Å². The molecule has 0 heterocycles. The molecule has 0 rings (SSSR count). The smallest absolute Gasteiger partial charge is 0.122 e. The van der Waals surface area contributed by atoms with Crippen LogP contribution in [-0.2, 0) is 15.9 Å². The van der Waals surface area contributed by atoms with E-state index in [1.54, 1.807) is 12.5 Å². The van der Waals surface area contributed by atoms with E-state index in [2.05, 4.69) is 0 Å². The highest BCUT2D eigenvalue weighted by atomic mass is 32.2. The largest absolute Gasteiger partial charge is 0.611 e.